The minimum absolute atomic E-state index is 0.0647. The van der Waals surface area contributed by atoms with Gasteiger partial charge in [0.1, 0.15) is 12.6 Å². The number of hydrogen-bond acceptors (Lipinski definition) is 4. The predicted octanol–water partition coefficient (Wildman–Crippen LogP) is 2.98. The van der Waals surface area contributed by atoms with E-state index in [-0.39, 0.29) is 18.1 Å². The first-order valence-corrected chi connectivity index (χ1v) is 12.3. The molecule has 0 spiro atoms. The Hall–Kier alpha value is -3.01. The number of anilines is 1. The molecule has 1 N–H and O–H groups in total. The maximum atomic E-state index is 13.8. The summed E-state index contributed by atoms with van der Waals surface area (Å²) in [5.74, 6) is -3.42. The minimum atomic E-state index is -4.02. The highest BCUT2D eigenvalue weighted by Gasteiger charge is 2.30. The van der Waals surface area contributed by atoms with E-state index in [9.17, 15) is 26.8 Å². The lowest BCUT2D eigenvalue weighted by atomic mass is 10.1. The lowest BCUT2D eigenvalue weighted by Crippen LogP contribution is -2.51. The molecule has 2 amide bonds. The van der Waals surface area contributed by atoms with Gasteiger partial charge in [-0.2, -0.15) is 0 Å². The number of rotatable bonds is 10. The van der Waals surface area contributed by atoms with Crippen LogP contribution in [0.4, 0.5) is 14.5 Å². The monoisotopic (exact) mass is 481 g/mol. The van der Waals surface area contributed by atoms with E-state index >= 15 is 0 Å². The fourth-order valence-corrected chi connectivity index (χ4v) is 3.96. The number of nitrogens with one attached hydrogen (secondary N) is 1. The van der Waals surface area contributed by atoms with Gasteiger partial charge < -0.3 is 10.2 Å². The number of carbonyl (C=O) groups is 2. The zero-order chi connectivity index (χ0) is 24.8. The van der Waals surface area contributed by atoms with E-state index in [1.54, 1.807) is 6.92 Å². The van der Waals surface area contributed by atoms with Crippen molar-refractivity contribution in [3.63, 3.8) is 0 Å². The normalized spacial score (nSPS) is 12.2. The third kappa shape index (κ3) is 7.24. The van der Waals surface area contributed by atoms with Crippen LogP contribution in [-0.2, 0) is 26.2 Å². The van der Waals surface area contributed by atoms with Crippen molar-refractivity contribution in [3.8, 4) is 0 Å². The van der Waals surface area contributed by atoms with Crippen molar-refractivity contribution in [3.05, 3.63) is 65.2 Å². The Kier molecular flexibility index (Phi) is 8.92. The number of hydrogen-bond donors (Lipinski definition) is 1. The number of carbonyl (C=O) groups excluding carboxylic acids is 2. The topological polar surface area (TPSA) is 86.8 Å². The van der Waals surface area contributed by atoms with Crippen LogP contribution in [0.25, 0.3) is 0 Å². The fraction of sp³-hybridized carbons (Fsp3) is 0.391. The minimum Gasteiger partial charge on any atom is -0.354 e. The molecule has 2 aromatic rings. The Morgan fingerprint density at radius 1 is 1.06 bits per heavy atom. The van der Waals surface area contributed by atoms with E-state index < -0.39 is 40.2 Å². The SMILES string of the molecule is CCCNC(=O)[C@H](C)N(Cc1ccc(C)cc1)C(=O)CN(c1ccc(F)c(F)c1)S(C)(=O)=O. The summed E-state index contributed by atoms with van der Waals surface area (Å²) in [6.07, 6.45) is 1.57. The van der Waals surface area contributed by atoms with Crippen LogP contribution in [0.1, 0.15) is 31.4 Å². The summed E-state index contributed by atoms with van der Waals surface area (Å²) in [5, 5.41) is 2.74. The van der Waals surface area contributed by atoms with Gasteiger partial charge in [-0.05, 0) is 38.0 Å². The predicted molar refractivity (Wildman–Crippen MR) is 123 cm³/mol. The molecule has 0 heterocycles. The van der Waals surface area contributed by atoms with Crippen LogP contribution in [-0.4, -0.2) is 50.5 Å². The highest BCUT2D eigenvalue weighted by molar-refractivity contribution is 7.92. The van der Waals surface area contributed by atoms with Gasteiger partial charge in [0.15, 0.2) is 11.6 Å². The number of nitrogens with zero attached hydrogens (tertiary/aromatic N) is 2. The Morgan fingerprint density at radius 2 is 1.70 bits per heavy atom. The molecular weight excluding hydrogens is 452 g/mol. The first-order chi connectivity index (χ1) is 15.4. The van der Waals surface area contributed by atoms with E-state index in [2.05, 4.69) is 5.32 Å². The summed E-state index contributed by atoms with van der Waals surface area (Å²) < 4.78 is 52.6. The van der Waals surface area contributed by atoms with Gasteiger partial charge in [0.05, 0.1) is 11.9 Å². The van der Waals surface area contributed by atoms with Crippen LogP contribution < -0.4 is 9.62 Å². The lowest BCUT2D eigenvalue weighted by molar-refractivity contribution is -0.139. The summed E-state index contributed by atoms with van der Waals surface area (Å²) >= 11 is 0. The summed E-state index contributed by atoms with van der Waals surface area (Å²) in [6, 6.07) is 9.05. The summed E-state index contributed by atoms with van der Waals surface area (Å²) in [4.78, 5) is 27.2. The second-order valence-electron chi connectivity index (χ2n) is 7.84. The van der Waals surface area contributed by atoms with Gasteiger partial charge in [0, 0.05) is 19.2 Å². The second kappa shape index (κ2) is 11.2. The molecule has 2 aromatic carbocycles. The molecule has 0 saturated carbocycles. The molecule has 0 unspecified atom stereocenters. The molecule has 2 rings (SSSR count). The molecule has 0 bridgehead atoms. The molecule has 0 aliphatic rings. The van der Waals surface area contributed by atoms with E-state index in [0.717, 1.165) is 29.5 Å². The van der Waals surface area contributed by atoms with E-state index in [1.807, 2.05) is 38.1 Å². The maximum Gasteiger partial charge on any atom is 0.244 e. The highest BCUT2D eigenvalue weighted by atomic mass is 32.2. The van der Waals surface area contributed by atoms with Crippen molar-refractivity contribution in [2.24, 2.45) is 0 Å². The molecule has 0 aromatic heterocycles. The van der Waals surface area contributed by atoms with Gasteiger partial charge >= 0.3 is 0 Å². The lowest BCUT2D eigenvalue weighted by Gasteiger charge is -2.31. The number of halogens is 2. The van der Waals surface area contributed by atoms with Gasteiger partial charge in [0.2, 0.25) is 21.8 Å². The van der Waals surface area contributed by atoms with Crippen LogP contribution in [0.3, 0.4) is 0 Å². The number of benzene rings is 2. The molecule has 180 valence electrons. The first kappa shape index (κ1) is 26.2. The van der Waals surface area contributed by atoms with Crippen molar-refractivity contribution in [1.29, 1.82) is 0 Å². The molecule has 0 radical (unpaired) electrons. The van der Waals surface area contributed by atoms with Crippen molar-refractivity contribution in [2.75, 3.05) is 23.7 Å². The average Bonchev–Trinajstić information content (AvgIpc) is 2.76. The third-order valence-electron chi connectivity index (χ3n) is 5.06. The van der Waals surface area contributed by atoms with Crippen LogP contribution in [0.2, 0.25) is 0 Å². The Morgan fingerprint density at radius 3 is 2.24 bits per heavy atom. The van der Waals surface area contributed by atoms with Gasteiger partial charge in [-0.1, -0.05) is 36.8 Å². The molecule has 0 saturated heterocycles. The molecule has 0 fully saturated rings. The molecule has 1 atom stereocenters. The summed E-state index contributed by atoms with van der Waals surface area (Å²) in [6.45, 7) is 5.18. The molecule has 0 aliphatic carbocycles. The van der Waals surface area contributed by atoms with E-state index in [4.69, 9.17) is 0 Å². The van der Waals surface area contributed by atoms with Crippen LogP contribution in [0, 0.1) is 18.6 Å². The highest BCUT2D eigenvalue weighted by Crippen LogP contribution is 2.21. The Balaban J connectivity index is 2.38. The van der Waals surface area contributed by atoms with Crippen LogP contribution in [0.15, 0.2) is 42.5 Å². The number of aryl methyl sites for hydroxylation is 1. The molecule has 33 heavy (non-hydrogen) atoms. The van der Waals surface area contributed by atoms with E-state index in [0.29, 0.717) is 23.3 Å². The first-order valence-electron chi connectivity index (χ1n) is 10.5. The molecule has 7 nitrogen and oxygen atoms in total. The Labute approximate surface area is 193 Å². The summed E-state index contributed by atoms with van der Waals surface area (Å²) in [5.41, 5.74) is 1.58. The molecular formula is C23H29F2N3O4S. The number of amides is 2. The van der Waals surface area contributed by atoms with Crippen LogP contribution >= 0.6 is 0 Å². The van der Waals surface area contributed by atoms with Gasteiger partial charge in [0.25, 0.3) is 0 Å². The third-order valence-corrected chi connectivity index (χ3v) is 6.20. The van der Waals surface area contributed by atoms with Gasteiger partial charge in [-0.3, -0.25) is 13.9 Å². The smallest absolute Gasteiger partial charge is 0.244 e. The zero-order valence-corrected chi connectivity index (χ0v) is 20.0. The van der Waals surface area contributed by atoms with Gasteiger partial charge in [-0.25, -0.2) is 17.2 Å². The standard InChI is InChI=1S/C23H29F2N3O4S/c1-5-12-26-23(30)17(3)27(14-18-8-6-16(2)7-9-18)22(29)15-28(33(4,31)32)19-10-11-20(24)21(25)13-19/h6-11,13,17H,5,12,14-15H2,1-4H3,(H,26,30)/t17-/m0/s1. The zero-order valence-electron chi connectivity index (χ0n) is 19.1. The van der Waals surface area contributed by atoms with Crippen molar-refractivity contribution in [1.82, 2.24) is 10.2 Å². The molecule has 10 heteroatoms. The van der Waals surface area contributed by atoms with Crippen molar-refractivity contribution >= 4 is 27.5 Å². The maximum absolute atomic E-state index is 13.8. The van der Waals surface area contributed by atoms with Gasteiger partial charge in [-0.15, -0.1) is 0 Å². The largest absolute Gasteiger partial charge is 0.354 e. The fourth-order valence-electron chi connectivity index (χ4n) is 3.12. The van der Waals surface area contributed by atoms with Crippen molar-refractivity contribution in [2.45, 2.75) is 39.8 Å². The van der Waals surface area contributed by atoms with Crippen molar-refractivity contribution < 1.29 is 26.8 Å². The Bertz CT molecular complexity index is 1090. The average molecular weight is 482 g/mol. The molecule has 0 aliphatic heterocycles. The summed E-state index contributed by atoms with van der Waals surface area (Å²) in [7, 11) is -4.02. The number of sulfonamides is 1. The second-order valence-corrected chi connectivity index (χ2v) is 9.75. The van der Waals surface area contributed by atoms with E-state index in [1.165, 1.54) is 4.90 Å². The quantitative estimate of drug-likeness (QED) is 0.565. The van der Waals surface area contributed by atoms with Crippen LogP contribution in [0.5, 0.6) is 0 Å².